The molecule has 0 N–H and O–H groups in total. The van der Waals surface area contributed by atoms with Crippen molar-refractivity contribution in [2.24, 2.45) is 0 Å². The molecule has 0 unspecified atom stereocenters. The minimum Gasteiger partial charge on any atom is -0.492 e. The number of nitrogens with zero attached hydrogens (tertiary/aromatic N) is 1. The number of likely N-dealkylation sites (tertiary alicyclic amines) is 1. The van der Waals surface area contributed by atoms with Crippen LogP contribution in [-0.2, 0) is 0 Å². The van der Waals surface area contributed by atoms with Gasteiger partial charge in [-0.2, -0.15) is 0 Å². The summed E-state index contributed by atoms with van der Waals surface area (Å²) in [6, 6.07) is 10.1. The van der Waals surface area contributed by atoms with Crippen molar-refractivity contribution < 1.29 is 4.74 Å². The Balaban J connectivity index is 0.000000686. The van der Waals surface area contributed by atoms with Crippen LogP contribution in [0.2, 0.25) is 0 Å². The molecule has 0 atom stereocenters. The number of para-hydroxylation sites is 1. The number of piperidine rings is 1. The van der Waals surface area contributed by atoms with Crippen molar-refractivity contribution in [2.45, 2.75) is 33.1 Å². The Morgan fingerprint density at radius 3 is 2.29 bits per heavy atom. The molecule has 96 valence electrons. The van der Waals surface area contributed by atoms with Crippen LogP contribution in [0.25, 0.3) is 0 Å². The lowest BCUT2D eigenvalue weighted by molar-refractivity contribution is 0.183. The fraction of sp³-hybridized carbons (Fsp3) is 0.600. The maximum absolute atomic E-state index is 5.67. The second-order valence-electron chi connectivity index (χ2n) is 4.06. The van der Waals surface area contributed by atoms with Gasteiger partial charge < -0.3 is 4.74 Å². The third kappa shape index (κ3) is 5.73. The number of rotatable bonds is 4. The van der Waals surface area contributed by atoms with Crippen molar-refractivity contribution in [1.82, 2.24) is 4.90 Å². The lowest BCUT2D eigenvalue weighted by atomic mass is 10.1. The quantitative estimate of drug-likeness (QED) is 0.791. The highest BCUT2D eigenvalue weighted by Crippen LogP contribution is 2.10. The molecule has 1 aromatic rings. The van der Waals surface area contributed by atoms with Crippen LogP contribution >= 0.6 is 0 Å². The first-order chi connectivity index (χ1) is 8.45. The topological polar surface area (TPSA) is 12.5 Å². The molecule has 0 spiro atoms. The van der Waals surface area contributed by atoms with Gasteiger partial charge in [-0.05, 0) is 38.1 Å². The highest BCUT2D eigenvalue weighted by Gasteiger charge is 2.09. The molecule has 1 saturated heterocycles. The zero-order chi connectivity index (χ0) is 12.3. The van der Waals surface area contributed by atoms with E-state index in [0.717, 1.165) is 18.9 Å². The summed E-state index contributed by atoms with van der Waals surface area (Å²) in [7, 11) is 0. The van der Waals surface area contributed by atoms with E-state index in [0.29, 0.717) is 0 Å². The van der Waals surface area contributed by atoms with Crippen LogP contribution in [0.3, 0.4) is 0 Å². The first-order valence-corrected chi connectivity index (χ1v) is 6.85. The Kier molecular flexibility index (Phi) is 7.48. The highest BCUT2D eigenvalue weighted by molar-refractivity contribution is 5.20. The van der Waals surface area contributed by atoms with E-state index in [-0.39, 0.29) is 0 Å². The van der Waals surface area contributed by atoms with Gasteiger partial charge in [0.25, 0.3) is 0 Å². The largest absolute Gasteiger partial charge is 0.492 e. The second-order valence-corrected chi connectivity index (χ2v) is 4.06. The van der Waals surface area contributed by atoms with Crippen LogP contribution in [0.4, 0.5) is 0 Å². The zero-order valence-electron chi connectivity index (χ0n) is 11.2. The normalized spacial score (nSPS) is 15.9. The van der Waals surface area contributed by atoms with E-state index >= 15 is 0 Å². The van der Waals surface area contributed by atoms with Gasteiger partial charge in [0.1, 0.15) is 12.4 Å². The molecule has 2 nitrogen and oxygen atoms in total. The molecule has 0 aliphatic carbocycles. The van der Waals surface area contributed by atoms with Gasteiger partial charge in [-0.3, -0.25) is 4.90 Å². The SMILES string of the molecule is CC.c1ccc(OCCN2CCCCC2)cc1. The molecule has 1 aliphatic rings. The van der Waals surface area contributed by atoms with E-state index in [2.05, 4.69) is 4.90 Å². The van der Waals surface area contributed by atoms with Crippen LogP contribution in [-0.4, -0.2) is 31.1 Å². The van der Waals surface area contributed by atoms with Gasteiger partial charge in [0.15, 0.2) is 0 Å². The van der Waals surface area contributed by atoms with E-state index in [4.69, 9.17) is 4.74 Å². The molecule has 1 heterocycles. The summed E-state index contributed by atoms with van der Waals surface area (Å²) >= 11 is 0. The average Bonchev–Trinajstić information content (AvgIpc) is 2.43. The van der Waals surface area contributed by atoms with Gasteiger partial charge in [0.2, 0.25) is 0 Å². The molecule has 1 aliphatic heterocycles. The van der Waals surface area contributed by atoms with Crippen LogP contribution in [0.15, 0.2) is 30.3 Å². The minimum absolute atomic E-state index is 0.810. The van der Waals surface area contributed by atoms with Crippen molar-refractivity contribution in [1.29, 1.82) is 0 Å². The average molecular weight is 235 g/mol. The van der Waals surface area contributed by atoms with Crippen molar-refractivity contribution >= 4 is 0 Å². The molecular formula is C15H25NO. The van der Waals surface area contributed by atoms with Gasteiger partial charge in [-0.15, -0.1) is 0 Å². The monoisotopic (exact) mass is 235 g/mol. The van der Waals surface area contributed by atoms with Crippen molar-refractivity contribution in [3.05, 3.63) is 30.3 Å². The number of ether oxygens (including phenoxy) is 1. The Morgan fingerprint density at radius 2 is 1.65 bits per heavy atom. The Labute approximate surface area is 106 Å². The minimum atomic E-state index is 0.810. The highest BCUT2D eigenvalue weighted by atomic mass is 16.5. The molecule has 0 saturated carbocycles. The smallest absolute Gasteiger partial charge is 0.119 e. The van der Waals surface area contributed by atoms with Crippen LogP contribution < -0.4 is 4.74 Å². The summed E-state index contributed by atoms with van der Waals surface area (Å²) in [5, 5.41) is 0. The fourth-order valence-corrected chi connectivity index (χ4v) is 1.99. The van der Waals surface area contributed by atoms with Crippen molar-refractivity contribution in [2.75, 3.05) is 26.2 Å². The standard InChI is InChI=1S/C13H19NO.C2H6/c1-3-7-13(8-4-1)15-12-11-14-9-5-2-6-10-14;1-2/h1,3-4,7-8H,2,5-6,9-12H2;1-2H3. The third-order valence-electron chi connectivity index (χ3n) is 2.87. The fourth-order valence-electron chi connectivity index (χ4n) is 1.99. The molecule has 1 aromatic carbocycles. The van der Waals surface area contributed by atoms with E-state index in [9.17, 15) is 0 Å². The Hall–Kier alpha value is -1.02. The number of hydrogen-bond acceptors (Lipinski definition) is 2. The maximum atomic E-state index is 5.67. The van der Waals surface area contributed by atoms with Crippen LogP contribution in [0.1, 0.15) is 33.1 Å². The summed E-state index contributed by atoms with van der Waals surface area (Å²) < 4.78 is 5.67. The summed E-state index contributed by atoms with van der Waals surface area (Å²) in [6.45, 7) is 8.37. The van der Waals surface area contributed by atoms with Crippen LogP contribution in [0, 0.1) is 0 Å². The van der Waals surface area contributed by atoms with Gasteiger partial charge in [0.05, 0.1) is 0 Å². The summed E-state index contributed by atoms with van der Waals surface area (Å²) in [6.07, 6.45) is 4.10. The van der Waals surface area contributed by atoms with Gasteiger partial charge in [-0.1, -0.05) is 38.5 Å². The Bertz CT molecular complexity index is 268. The molecule has 0 amide bonds. The second kappa shape index (κ2) is 9.06. The molecule has 0 aromatic heterocycles. The molecule has 0 bridgehead atoms. The molecule has 17 heavy (non-hydrogen) atoms. The Morgan fingerprint density at radius 1 is 1.00 bits per heavy atom. The summed E-state index contributed by atoms with van der Waals surface area (Å²) in [5.41, 5.74) is 0. The van der Waals surface area contributed by atoms with E-state index < -0.39 is 0 Å². The summed E-state index contributed by atoms with van der Waals surface area (Å²) in [4.78, 5) is 2.49. The summed E-state index contributed by atoms with van der Waals surface area (Å²) in [5.74, 6) is 0.981. The predicted octanol–water partition coefficient (Wildman–Crippen LogP) is 3.58. The van der Waals surface area contributed by atoms with E-state index in [1.807, 2.05) is 44.2 Å². The molecular weight excluding hydrogens is 210 g/mol. The molecule has 0 radical (unpaired) electrons. The van der Waals surface area contributed by atoms with Gasteiger partial charge >= 0.3 is 0 Å². The van der Waals surface area contributed by atoms with Crippen molar-refractivity contribution in [3.63, 3.8) is 0 Å². The van der Waals surface area contributed by atoms with Gasteiger partial charge in [-0.25, -0.2) is 0 Å². The van der Waals surface area contributed by atoms with Crippen molar-refractivity contribution in [3.8, 4) is 5.75 Å². The van der Waals surface area contributed by atoms with E-state index in [1.54, 1.807) is 0 Å². The molecule has 1 fully saturated rings. The number of hydrogen-bond donors (Lipinski definition) is 0. The zero-order valence-corrected chi connectivity index (χ0v) is 11.2. The van der Waals surface area contributed by atoms with Crippen LogP contribution in [0.5, 0.6) is 5.75 Å². The number of benzene rings is 1. The maximum Gasteiger partial charge on any atom is 0.119 e. The van der Waals surface area contributed by atoms with Gasteiger partial charge in [0, 0.05) is 6.54 Å². The first-order valence-electron chi connectivity index (χ1n) is 6.85. The molecule has 2 rings (SSSR count). The molecule has 2 heteroatoms. The predicted molar refractivity (Wildman–Crippen MR) is 73.6 cm³/mol. The lowest BCUT2D eigenvalue weighted by Crippen LogP contribution is -2.33. The lowest BCUT2D eigenvalue weighted by Gasteiger charge is -2.26. The first kappa shape index (κ1) is 14.0. The van der Waals surface area contributed by atoms with E-state index in [1.165, 1.54) is 32.4 Å². The third-order valence-corrected chi connectivity index (χ3v) is 2.87.